The summed E-state index contributed by atoms with van der Waals surface area (Å²) in [7, 11) is 1.58. The maximum absolute atomic E-state index is 9.61. The number of morpholine rings is 1. The lowest BCUT2D eigenvalue weighted by molar-refractivity contribution is -0.133. The van der Waals surface area contributed by atoms with Crippen LogP contribution in [-0.4, -0.2) is 64.4 Å². The Hall–Kier alpha value is -3.58. The van der Waals surface area contributed by atoms with E-state index in [2.05, 4.69) is 37.6 Å². The van der Waals surface area contributed by atoms with Gasteiger partial charge in [-0.05, 0) is 31.7 Å². The number of ether oxygens (including phenoxy) is 3. The molecule has 2 atom stereocenters. The Bertz CT molecular complexity index is 1200. The number of nitriles is 1. The topological polar surface area (TPSA) is 110 Å². The first kappa shape index (κ1) is 21.0. The smallest absolute Gasteiger partial charge is 0.233 e. The van der Waals surface area contributed by atoms with E-state index in [4.69, 9.17) is 14.2 Å². The number of piperidine rings is 1. The number of fused-ring (bicyclic) bond motifs is 3. The first-order valence-electron chi connectivity index (χ1n) is 11.8. The molecule has 10 nitrogen and oxygen atoms in total. The van der Waals surface area contributed by atoms with Gasteiger partial charge in [0, 0.05) is 37.7 Å². The van der Waals surface area contributed by atoms with E-state index in [1.807, 2.05) is 12.3 Å². The highest BCUT2D eigenvalue weighted by Gasteiger charge is 2.38. The third-order valence-electron chi connectivity index (χ3n) is 6.98. The predicted molar refractivity (Wildman–Crippen MR) is 124 cm³/mol. The van der Waals surface area contributed by atoms with Crippen LogP contribution in [0.3, 0.4) is 0 Å². The van der Waals surface area contributed by atoms with E-state index in [0.29, 0.717) is 29.7 Å². The SMILES string of the molecule is COc1ccc(NC2CCC(Oc3cc(N4CC5CC(C4)O5)cn4ncc(C#N)c34)CC2)nn1. The molecular weight excluding hydrogens is 434 g/mol. The summed E-state index contributed by atoms with van der Waals surface area (Å²) in [5, 5.41) is 25.7. The summed E-state index contributed by atoms with van der Waals surface area (Å²) in [6.45, 7) is 1.75. The minimum Gasteiger partial charge on any atom is -0.488 e. The number of anilines is 2. The summed E-state index contributed by atoms with van der Waals surface area (Å²) in [5.74, 6) is 1.98. The lowest BCUT2D eigenvalue weighted by atomic mass is 9.93. The van der Waals surface area contributed by atoms with E-state index in [1.165, 1.54) is 0 Å². The van der Waals surface area contributed by atoms with Gasteiger partial charge in [-0.2, -0.15) is 10.4 Å². The number of nitrogens with one attached hydrogen (secondary N) is 1. The molecule has 1 N–H and O–H groups in total. The Morgan fingerprint density at radius 2 is 1.94 bits per heavy atom. The fourth-order valence-electron chi connectivity index (χ4n) is 5.20. The molecule has 0 radical (unpaired) electrons. The molecule has 3 saturated heterocycles. The molecule has 2 bridgehead atoms. The van der Waals surface area contributed by atoms with Crippen LogP contribution in [0.1, 0.15) is 37.7 Å². The van der Waals surface area contributed by atoms with Crippen molar-refractivity contribution in [3.8, 4) is 17.7 Å². The van der Waals surface area contributed by atoms with Crippen LogP contribution in [0.25, 0.3) is 5.52 Å². The zero-order valence-corrected chi connectivity index (χ0v) is 19.1. The van der Waals surface area contributed by atoms with E-state index in [-0.39, 0.29) is 6.10 Å². The fraction of sp³-hybridized carbons (Fsp3) is 0.500. The van der Waals surface area contributed by atoms with Crippen LogP contribution >= 0.6 is 0 Å². The molecule has 10 heteroatoms. The van der Waals surface area contributed by atoms with Gasteiger partial charge < -0.3 is 24.4 Å². The van der Waals surface area contributed by atoms with Gasteiger partial charge in [-0.3, -0.25) is 0 Å². The van der Waals surface area contributed by atoms with Crippen molar-refractivity contribution in [2.75, 3.05) is 30.4 Å². The van der Waals surface area contributed by atoms with Crippen LogP contribution in [0.5, 0.6) is 11.6 Å². The number of methoxy groups -OCH3 is 1. The Kier molecular flexibility index (Phi) is 5.34. The van der Waals surface area contributed by atoms with E-state index in [0.717, 1.165) is 68.0 Å². The number of nitrogens with zero attached hydrogens (tertiary/aromatic N) is 6. The van der Waals surface area contributed by atoms with Crippen LogP contribution in [0.4, 0.5) is 11.5 Å². The molecule has 1 saturated carbocycles. The average Bonchev–Trinajstić information content (AvgIpc) is 3.29. The third kappa shape index (κ3) is 3.96. The minimum atomic E-state index is 0.0820. The van der Waals surface area contributed by atoms with Gasteiger partial charge in [-0.25, -0.2) is 4.52 Å². The quantitative estimate of drug-likeness (QED) is 0.592. The summed E-state index contributed by atoms with van der Waals surface area (Å²) >= 11 is 0. The second-order valence-electron chi connectivity index (χ2n) is 9.24. The van der Waals surface area contributed by atoms with E-state index in [1.54, 1.807) is 23.9 Å². The van der Waals surface area contributed by atoms with Crippen molar-refractivity contribution >= 4 is 17.0 Å². The van der Waals surface area contributed by atoms with Crippen LogP contribution in [0.15, 0.2) is 30.6 Å². The molecule has 4 fully saturated rings. The lowest BCUT2D eigenvalue weighted by Crippen LogP contribution is -2.57. The standard InChI is InChI=1S/C24H27N7O3/c1-32-23-7-6-22(28-29-23)27-16-2-4-18(5-3-16)34-21-8-17(30-13-19-9-20(14-30)33-19)12-31-24(21)15(10-25)11-26-31/h6-8,11-12,16,18-20H,2-5,9,13-14H2,1H3,(H,27,28). The zero-order chi connectivity index (χ0) is 23.1. The largest absolute Gasteiger partial charge is 0.488 e. The van der Waals surface area contributed by atoms with Crippen molar-refractivity contribution in [2.45, 2.75) is 56.5 Å². The van der Waals surface area contributed by atoms with Gasteiger partial charge in [0.05, 0.1) is 43.5 Å². The van der Waals surface area contributed by atoms with Gasteiger partial charge in [0.1, 0.15) is 28.7 Å². The summed E-state index contributed by atoms with van der Waals surface area (Å²) in [4.78, 5) is 2.33. The number of hydrogen-bond donors (Lipinski definition) is 1. The minimum absolute atomic E-state index is 0.0820. The molecule has 2 unspecified atom stereocenters. The van der Waals surface area contributed by atoms with Gasteiger partial charge >= 0.3 is 0 Å². The third-order valence-corrected chi connectivity index (χ3v) is 6.98. The number of pyridine rings is 1. The molecule has 0 amide bonds. The van der Waals surface area contributed by atoms with Crippen molar-refractivity contribution in [1.29, 1.82) is 5.26 Å². The monoisotopic (exact) mass is 461 g/mol. The second kappa shape index (κ2) is 8.65. The van der Waals surface area contributed by atoms with Crippen molar-refractivity contribution in [1.82, 2.24) is 19.8 Å². The summed E-state index contributed by atoms with van der Waals surface area (Å²) in [6.07, 6.45) is 9.19. The van der Waals surface area contributed by atoms with Gasteiger partial charge in [0.2, 0.25) is 5.88 Å². The second-order valence-corrected chi connectivity index (χ2v) is 9.24. The molecule has 6 heterocycles. The van der Waals surface area contributed by atoms with Crippen molar-refractivity contribution in [3.63, 3.8) is 0 Å². The molecule has 7 rings (SSSR count). The van der Waals surface area contributed by atoms with Crippen LogP contribution in [0.2, 0.25) is 0 Å². The Balaban J connectivity index is 1.16. The summed E-state index contributed by atoms with van der Waals surface area (Å²) < 4.78 is 19.2. The normalized spacial score (nSPS) is 25.9. The molecule has 3 aliphatic heterocycles. The van der Waals surface area contributed by atoms with Gasteiger partial charge in [-0.15, -0.1) is 10.2 Å². The molecule has 3 aromatic heterocycles. The highest BCUT2D eigenvalue weighted by Crippen LogP contribution is 2.36. The predicted octanol–water partition coefficient (Wildman–Crippen LogP) is 2.78. The van der Waals surface area contributed by atoms with Crippen LogP contribution < -0.4 is 19.7 Å². The number of aromatic nitrogens is 4. The van der Waals surface area contributed by atoms with Crippen molar-refractivity contribution in [3.05, 3.63) is 36.2 Å². The molecule has 1 aliphatic carbocycles. The number of rotatable bonds is 6. The van der Waals surface area contributed by atoms with Gasteiger partial charge in [-0.1, -0.05) is 0 Å². The van der Waals surface area contributed by atoms with E-state index < -0.39 is 0 Å². The zero-order valence-electron chi connectivity index (χ0n) is 19.1. The summed E-state index contributed by atoms with van der Waals surface area (Å²) in [6, 6.07) is 8.33. The molecule has 176 valence electrons. The number of hydrogen-bond acceptors (Lipinski definition) is 9. The highest BCUT2D eigenvalue weighted by atomic mass is 16.5. The van der Waals surface area contributed by atoms with Crippen LogP contribution in [-0.2, 0) is 4.74 Å². The molecule has 34 heavy (non-hydrogen) atoms. The maximum Gasteiger partial charge on any atom is 0.233 e. The van der Waals surface area contributed by atoms with Gasteiger partial charge in [0.25, 0.3) is 0 Å². The molecular formula is C24H27N7O3. The van der Waals surface area contributed by atoms with Crippen molar-refractivity contribution < 1.29 is 14.2 Å². The first-order chi connectivity index (χ1) is 16.7. The van der Waals surface area contributed by atoms with E-state index in [9.17, 15) is 5.26 Å². The van der Waals surface area contributed by atoms with E-state index >= 15 is 0 Å². The lowest BCUT2D eigenvalue weighted by Gasteiger charge is -2.48. The van der Waals surface area contributed by atoms with Gasteiger partial charge in [0.15, 0.2) is 0 Å². The maximum atomic E-state index is 9.61. The molecule has 3 aromatic rings. The van der Waals surface area contributed by atoms with Crippen LogP contribution in [0, 0.1) is 11.3 Å². The molecule has 0 spiro atoms. The summed E-state index contributed by atoms with van der Waals surface area (Å²) in [5.41, 5.74) is 2.32. The Morgan fingerprint density at radius 3 is 2.62 bits per heavy atom. The highest BCUT2D eigenvalue weighted by molar-refractivity contribution is 5.72. The molecule has 0 aromatic carbocycles. The Labute approximate surface area is 197 Å². The average molecular weight is 462 g/mol. The Morgan fingerprint density at radius 1 is 1.15 bits per heavy atom. The molecule has 4 aliphatic rings. The first-order valence-corrected chi connectivity index (χ1v) is 11.8. The van der Waals surface area contributed by atoms with Crippen molar-refractivity contribution in [2.24, 2.45) is 0 Å². The fourth-order valence-corrected chi connectivity index (χ4v) is 5.20.